The van der Waals surface area contributed by atoms with Crippen molar-refractivity contribution in [3.63, 3.8) is 0 Å². The second-order valence-electron chi connectivity index (χ2n) is 7.70. The largest absolute Gasteiger partial charge is 0.497 e. The van der Waals surface area contributed by atoms with Crippen LogP contribution in [0.3, 0.4) is 0 Å². The number of H-pyrrole nitrogens is 1. The number of hydrogen-bond donors (Lipinski definition) is 1. The van der Waals surface area contributed by atoms with Crippen LogP contribution in [0.2, 0.25) is 0 Å². The van der Waals surface area contributed by atoms with E-state index in [1.54, 1.807) is 7.11 Å². The number of fused-ring (bicyclic) bond motifs is 1. The summed E-state index contributed by atoms with van der Waals surface area (Å²) >= 11 is 0. The molecule has 4 rings (SSSR count). The van der Waals surface area contributed by atoms with E-state index in [2.05, 4.69) is 21.8 Å². The van der Waals surface area contributed by atoms with Crippen LogP contribution in [0.25, 0.3) is 11.4 Å². The fourth-order valence-electron chi connectivity index (χ4n) is 3.88. The topological polar surface area (TPSA) is 64.7 Å². The van der Waals surface area contributed by atoms with Crippen LogP contribution in [0, 0.1) is 0 Å². The SMILES string of the molecule is COc1ccc(-c2nc3c([nH]2)CN(C(=O)CCN2CCN(C)CC2)CC3)cc1. The smallest absolute Gasteiger partial charge is 0.224 e. The summed E-state index contributed by atoms with van der Waals surface area (Å²) in [6, 6.07) is 7.88. The average molecular weight is 383 g/mol. The normalized spacial score (nSPS) is 18.1. The molecule has 0 radical (unpaired) electrons. The van der Waals surface area contributed by atoms with Crippen molar-refractivity contribution >= 4 is 5.91 Å². The Morgan fingerprint density at radius 1 is 1.14 bits per heavy atom. The summed E-state index contributed by atoms with van der Waals surface area (Å²) in [5.41, 5.74) is 3.17. The zero-order valence-electron chi connectivity index (χ0n) is 16.8. The third-order valence-corrected chi connectivity index (χ3v) is 5.79. The van der Waals surface area contributed by atoms with Crippen molar-refractivity contribution in [3.05, 3.63) is 35.7 Å². The van der Waals surface area contributed by atoms with Gasteiger partial charge in [0.15, 0.2) is 0 Å². The van der Waals surface area contributed by atoms with Gasteiger partial charge in [-0.3, -0.25) is 4.79 Å². The molecule has 2 aliphatic rings. The number of likely N-dealkylation sites (N-methyl/N-ethyl adjacent to an activating group) is 1. The van der Waals surface area contributed by atoms with E-state index in [4.69, 9.17) is 9.72 Å². The van der Waals surface area contributed by atoms with Gasteiger partial charge >= 0.3 is 0 Å². The first-order chi connectivity index (χ1) is 13.6. The number of ether oxygens (including phenoxy) is 1. The Kier molecular flexibility index (Phi) is 5.64. The molecular weight excluding hydrogens is 354 g/mol. The predicted molar refractivity (Wildman–Crippen MR) is 108 cm³/mol. The van der Waals surface area contributed by atoms with E-state index < -0.39 is 0 Å². The summed E-state index contributed by atoms with van der Waals surface area (Å²) in [6.45, 7) is 6.52. The highest BCUT2D eigenvalue weighted by Crippen LogP contribution is 2.24. The van der Waals surface area contributed by atoms with Crippen molar-refractivity contribution in [2.75, 3.05) is 53.4 Å². The number of imidazole rings is 1. The summed E-state index contributed by atoms with van der Waals surface area (Å²) in [5, 5.41) is 0. The Hall–Kier alpha value is -2.38. The first kappa shape index (κ1) is 19.0. The summed E-state index contributed by atoms with van der Waals surface area (Å²) < 4.78 is 5.22. The molecule has 1 fully saturated rings. The number of carbonyl (C=O) groups excluding carboxylic acids is 1. The van der Waals surface area contributed by atoms with Gasteiger partial charge in [0.05, 0.1) is 25.0 Å². The third-order valence-electron chi connectivity index (χ3n) is 5.79. The first-order valence-corrected chi connectivity index (χ1v) is 10.0. The van der Waals surface area contributed by atoms with Gasteiger partial charge in [-0.15, -0.1) is 0 Å². The number of amides is 1. The minimum atomic E-state index is 0.241. The van der Waals surface area contributed by atoms with Crippen LogP contribution in [0.4, 0.5) is 0 Å². The molecule has 1 aromatic carbocycles. The molecule has 0 bridgehead atoms. The number of piperazine rings is 1. The molecule has 0 atom stereocenters. The maximum Gasteiger partial charge on any atom is 0.224 e. The van der Waals surface area contributed by atoms with Gasteiger partial charge in [-0.1, -0.05) is 0 Å². The number of rotatable bonds is 5. The Balaban J connectivity index is 1.35. The molecule has 2 aliphatic heterocycles. The molecule has 0 aliphatic carbocycles. The molecule has 28 heavy (non-hydrogen) atoms. The quantitative estimate of drug-likeness (QED) is 0.850. The maximum absolute atomic E-state index is 12.7. The van der Waals surface area contributed by atoms with E-state index in [0.29, 0.717) is 13.0 Å². The number of aromatic amines is 1. The van der Waals surface area contributed by atoms with Crippen molar-refractivity contribution in [1.82, 2.24) is 24.7 Å². The van der Waals surface area contributed by atoms with E-state index in [0.717, 1.165) is 74.2 Å². The van der Waals surface area contributed by atoms with Crippen molar-refractivity contribution in [1.29, 1.82) is 0 Å². The zero-order valence-corrected chi connectivity index (χ0v) is 16.8. The van der Waals surface area contributed by atoms with Gasteiger partial charge in [0.25, 0.3) is 0 Å². The summed E-state index contributed by atoms with van der Waals surface area (Å²) in [4.78, 5) is 27.6. The van der Waals surface area contributed by atoms with Crippen molar-refractivity contribution < 1.29 is 9.53 Å². The van der Waals surface area contributed by atoms with Crippen molar-refractivity contribution in [2.24, 2.45) is 0 Å². The van der Waals surface area contributed by atoms with Crippen LogP contribution in [-0.2, 0) is 17.8 Å². The van der Waals surface area contributed by atoms with Crippen LogP contribution in [0.15, 0.2) is 24.3 Å². The number of hydrogen-bond acceptors (Lipinski definition) is 5. The fourth-order valence-corrected chi connectivity index (χ4v) is 3.88. The number of nitrogens with one attached hydrogen (secondary N) is 1. The van der Waals surface area contributed by atoms with Crippen LogP contribution >= 0.6 is 0 Å². The molecule has 0 spiro atoms. The first-order valence-electron chi connectivity index (χ1n) is 10.0. The Labute approximate surface area is 166 Å². The van der Waals surface area contributed by atoms with E-state index in [9.17, 15) is 4.79 Å². The standard InChI is InChI=1S/C21H29N5O2/c1-24-11-13-25(14-12-24)9-8-20(27)26-10-7-18-19(15-26)23-21(22-18)16-3-5-17(28-2)6-4-16/h3-6H,7-15H2,1-2H3,(H,22,23). The Morgan fingerprint density at radius 2 is 1.89 bits per heavy atom. The third kappa shape index (κ3) is 4.20. The molecule has 1 saturated heterocycles. The lowest BCUT2D eigenvalue weighted by molar-refractivity contribution is -0.132. The number of carbonyl (C=O) groups is 1. The maximum atomic E-state index is 12.7. The number of methoxy groups -OCH3 is 1. The van der Waals surface area contributed by atoms with Crippen LogP contribution in [-0.4, -0.2) is 84.0 Å². The molecule has 0 saturated carbocycles. The fraction of sp³-hybridized carbons (Fsp3) is 0.524. The lowest BCUT2D eigenvalue weighted by atomic mass is 10.1. The molecule has 3 heterocycles. The van der Waals surface area contributed by atoms with Crippen LogP contribution in [0.1, 0.15) is 17.8 Å². The van der Waals surface area contributed by atoms with Gasteiger partial charge in [0.2, 0.25) is 5.91 Å². The van der Waals surface area contributed by atoms with E-state index >= 15 is 0 Å². The molecular formula is C21H29N5O2. The summed E-state index contributed by atoms with van der Waals surface area (Å²) in [5.74, 6) is 1.93. The van der Waals surface area contributed by atoms with Crippen molar-refractivity contribution in [2.45, 2.75) is 19.4 Å². The number of benzene rings is 1. The van der Waals surface area contributed by atoms with Gasteiger partial charge in [-0.25, -0.2) is 4.98 Å². The molecule has 1 amide bonds. The van der Waals surface area contributed by atoms with E-state index in [-0.39, 0.29) is 5.91 Å². The highest BCUT2D eigenvalue weighted by molar-refractivity contribution is 5.76. The summed E-state index contributed by atoms with van der Waals surface area (Å²) in [7, 11) is 3.81. The molecule has 7 nitrogen and oxygen atoms in total. The van der Waals surface area contributed by atoms with Gasteiger partial charge < -0.3 is 24.4 Å². The van der Waals surface area contributed by atoms with E-state index in [1.807, 2.05) is 29.2 Å². The van der Waals surface area contributed by atoms with E-state index in [1.165, 1.54) is 0 Å². The van der Waals surface area contributed by atoms with Crippen molar-refractivity contribution in [3.8, 4) is 17.1 Å². The van der Waals surface area contributed by atoms with Gasteiger partial charge in [-0.05, 0) is 31.3 Å². The monoisotopic (exact) mass is 383 g/mol. The van der Waals surface area contributed by atoms with Gasteiger partial charge in [0.1, 0.15) is 11.6 Å². The Bertz CT molecular complexity index is 809. The molecule has 150 valence electrons. The highest BCUT2D eigenvalue weighted by Gasteiger charge is 2.24. The second kappa shape index (κ2) is 8.32. The minimum absolute atomic E-state index is 0.241. The molecule has 1 N–H and O–H groups in total. The second-order valence-corrected chi connectivity index (χ2v) is 7.70. The lowest BCUT2D eigenvalue weighted by Gasteiger charge is -2.33. The Morgan fingerprint density at radius 3 is 2.61 bits per heavy atom. The van der Waals surface area contributed by atoms with Gasteiger partial charge in [-0.2, -0.15) is 0 Å². The average Bonchev–Trinajstić information content (AvgIpc) is 3.16. The molecule has 2 aromatic rings. The zero-order chi connectivity index (χ0) is 19.5. The minimum Gasteiger partial charge on any atom is -0.497 e. The summed E-state index contributed by atoms with van der Waals surface area (Å²) in [6.07, 6.45) is 1.40. The lowest BCUT2D eigenvalue weighted by Crippen LogP contribution is -2.46. The molecule has 7 heteroatoms. The molecule has 1 aromatic heterocycles. The van der Waals surface area contributed by atoms with Crippen LogP contribution < -0.4 is 4.74 Å². The molecule has 0 unspecified atom stereocenters. The van der Waals surface area contributed by atoms with Crippen LogP contribution in [0.5, 0.6) is 5.75 Å². The van der Waals surface area contributed by atoms with Gasteiger partial charge in [0, 0.05) is 57.7 Å². The number of nitrogens with zero attached hydrogens (tertiary/aromatic N) is 4. The highest BCUT2D eigenvalue weighted by atomic mass is 16.5. The number of aromatic nitrogens is 2. The predicted octanol–water partition coefficient (Wildman–Crippen LogP) is 1.61.